The standard InChI is InChI=1S/C30H30Cl2N4O6/c31-22-14-33-15-23(32)26(22)28(38)34-20-6-1-17(2-7-20)13-24(30(40)41)35-29(39)27-19-4-8-21(9-5-19)36(27)25(37)10-3-18-11-12-42-16-18/h1-2,6-7,11-12,14-16,19,21,24,27H,3-5,8-10,13H2,(H,34,38)(H,35,39)(H,40,41)/t19?,21?,24-,27?/m0/s1. The van der Waals surface area contributed by atoms with Crippen LogP contribution >= 0.6 is 23.2 Å². The van der Waals surface area contributed by atoms with Gasteiger partial charge in [0.1, 0.15) is 12.1 Å². The largest absolute Gasteiger partial charge is 0.480 e. The third kappa shape index (κ3) is 6.60. The molecule has 2 atom stereocenters. The summed E-state index contributed by atoms with van der Waals surface area (Å²) < 4.78 is 5.09. The number of rotatable bonds is 10. The third-order valence-electron chi connectivity index (χ3n) is 7.99. The number of pyridine rings is 1. The molecule has 6 rings (SSSR count). The molecule has 3 aliphatic rings. The molecule has 2 saturated heterocycles. The van der Waals surface area contributed by atoms with Gasteiger partial charge in [0, 0.05) is 37.0 Å². The van der Waals surface area contributed by atoms with Crippen LogP contribution in [-0.4, -0.2) is 56.8 Å². The second-order valence-corrected chi connectivity index (χ2v) is 11.5. The maximum Gasteiger partial charge on any atom is 0.326 e. The number of piperidine rings is 2. The van der Waals surface area contributed by atoms with Gasteiger partial charge in [0.15, 0.2) is 0 Å². The number of halogens is 2. The number of hydrogen-bond donors (Lipinski definition) is 3. The molecule has 0 radical (unpaired) electrons. The summed E-state index contributed by atoms with van der Waals surface area (Å²) in [6.45, 7) is 0. The average molecular weight is 613 g/mol. The number of furan rings is 1. The van der Waals surface area contributed by atoms with Gasteiger partial charge in [-0.25, -0.2) is 4.79 Å². The van der Waals surface area contributed by atoms with Crippen molar-refractivity contribution in [1.29, 1.82) is 0 Å². The zero-order chi connectivity index (χ0) is 29.8. The number of nitrogens with one attached hydrogen (secondary N) is 2. The number of hydrogen-bond acceptors (Lipinski definition) is 6. The normalized spacial score (nSPS) is 20.1. The number of anilines is 1. The molecule has 3 fully saturated rings. The highest BCUT2D eigenvalue weighted by Crippen LogP contribution is 2.40. The van der Waals surface area contributed by atoms with Crippen molar-refractivity contribution in [1.82, 2.24) is 15.2 Å². The van der Waals surface area contributed by atoms with Crippen molar-refractivity contribution in [2.45, 2.75) is 63.1 Å². The van der Waals surface area contributed by atoms with E-state index in [-0.39, 0.29) is 46.3 Å². The first kappa shape index (κ1) is 29.6. The first-order valence-corrected chi connectivity index (χ1v) is 14.5. The monoisotopic (exact) mass is 612 g/mol. The van der Waals surface area contributed by atoms with E-state index in [1.165, 1.54) is 12.4 Å². The Morgan fingerprint density at radius 1 is 1.00 bits per heavy atom. The lowest BCUT2D eigenvalue weighted by atomic mass is 9.74. The van der Waals surface area contributed by atoms with Crippen LogP contribution in [0.15, 0.2) is 59.7 Å². The molecule has 0 spiro atoms. The first-order chi connectivity index (χ1) is 20.2. The highest BCUT2D eigenvalue weighted by Gasteiger charge is 2.47. The molecule has 3 amide bonds. The molecule has 12 heteroatoms. The lowest BCUT2D eigenvalue weighted by Gasteiger charge is -2.50. The number of carbonyl (C=O) groups is 4. The van der Waals surface area contributed by atoms with Gasteiger partial charge in [0.25, 0.3) is 5.91 Å². The van der Waals surface area contributed by atoms with Crippen LogP contribution in [0.5, 0.6) is 0 Å². The minimum Gasteiger partial charge on any atom is -0.480 e. The molecule has 1 aromatic carbocycles. The number of benzene rings is 1. The van der Waals surface area contributed by atoms with Crippen LogP contribution < -0.4 is 10.6 Å². The van der Waals surface area contributed by atoms with Crippen molar-refractivity contribution in [3.8, 4) is 0 Å². The van der Waals surface area contributed by atoms with E-state index in [1.54, 1.807) is 41.7 Å². The van der Waals surface area contributed by atoms with Gasteiger partial charge in [-0.3, -0.25) is 19.4 Å². The summed E-state index contributed by atoms with van der Waals surface area (Å²) in [4.78, 5) is 57.2. The number of carboxylic acids is 1. The number of fused-ring (bicyclic) bond motifs is 3. The lowest BCUT2D eigenvalue weighted by molar-refractivity contribution is -0.154. The Balaban J connectivity index is 1.23. The van der Waals surface area contributed by atoms with Gasteiger partial charge in [-0.15, -0.1) is 0 Å². The summed E-state index contributed by atoms with van der Waals surface area (Å²) in [5, 5.41) is 15.6. The Hall–Kier alpha value is -3.89. The van der Waals surface area contributed by atoms with Gasteiger partial charge in [-0.2, -0.15) is 0 Å². The number of aromatic nitrogens is 1. The smallest absolute Gasteiger partial charge is 0.326 e. The SMILES string of the molecule is O=C(Nc1ccc(C[C@H](NC(=O)C2C3CCC(CC3)N2C(=O)CCc2ccoc2)C(=O)O)cc1)c1c(Cl)cncc1Cl. The molecular formula is C30H30Cl2N4O6. The molecule has 1 unspecified atom stereocenters. The van der Waals surface area contributed by atoms with Crippen molar-refractivity contribution in [3.05, 3.63) is 82.0 Å². The summed E-state index contributed by atoms with van der Waals surface area (Å²) in [6, 6.07) is 6.48. The highest BCUT2D eigenvalue weighted by molar-refractivity contribution is 6.40. The zero-order valence-corrected chi connectivity index (χ0v) is 24.1. The number of aliphatic carboxylic acids is 1. The molecule has 2 bridgehead atoms. The molecule has 2 aliphatic heterocycles. The van der Waals surface area contributed by atoms with Gasteiger partial charge in [-0.05, 0) is 67.3 Å². The molecule has 220 valence electrons. The third-order valence-corrected chi connectivity index (χ3v) is 8.57. The van der Waals surface area contributed by atoms with Gasteiger partial charge in [0.05, 0.1) is 28.1 Å². The Labute approximate surface area is 252 Å². The fraction of sp³-hybridized carbons (Fsp3) is 0.367. The zero-order valence-electron chi connectivity index (χ0n) is 22.6. The first-order valence-electron chi connectivity index (χ1n) is 13.8. The summed E-state index contributed by atoms with van der Waals surface area (Å²) in [6.07, 6.45) is 9.92. The van der Waals surface area contributed by atoms with E-state index in [2.05, 4.69) is 15.6 Å². The van der Waals surface area contributed by atoms with Crippen LogP contribution in [0.2, 0.25) is 10.0 Å². The molecule has 1 saturated carbocycles. The van der Waals surface area contributed by atoms with E-state index >= 15 is 0 Å². The quantitative estimate of drug-likeness (QED) is 0.300. The van der Waals surface area contributed by atoms with Crippen LogP contribution in [0.1, 0.15) is 53.6 Å². The Morgan fingerprint density at radius 2 is 1.69 bits per heavy atom. The van der Waals surface area contributed by atoms with E-state index in [1.807, 2.05) is 6.07 Å². The van der Waals surface area contributed by atoms with E-state index in [0.29, 0.717) is 17.7 Å². The second kappa shape index (κ2) is 13.0. The molecule has 1 aliphatic carbocycles. The lowest BCUT2D eigenvalue weighted by Crippen LogP contribution is -2.64. The van der Waals surface area contributed by atoms with E-state index in [9.17, 15) is 24.3 Å². The molecule has 2 aromatic heterocycles. The maximum atomic E-state index is 13.5. The molecule has 42 heavy (non-hydrogen) atoms. The molecule has 3 aromatic rings. The van der Waals surface area contributed by atoms with Gasteiger partial charge < -0.3 is 25.1 Å². The van der Waals surface area contributed by atoms with Gasteiger partial charge in [0.2, 0.25) is 11.8 Å². The molecule has 4 heterocycles. The van der Waals surface area contributed by atoms with E-state index in [0.717, 1.165) is 31.2 Å². The topological polar surface area (TPSA) is 142 Å². The van der Waals surface area contributed by atoms with Gasteiger partial charge in [-0.1, -0.05) is 35.3 Å². The minimum absolute atomic E-state index is 0.00684. The predicted octanol–water partition coefficient (Wildman–Crippen LogP) is 4.75. The Kier molecular flexibility index (Phi) is 9.13. The number of carbonyl (C=O) groups excluding carboxylic acids is 3. The summed E-state index contributed by atoms with van der Waals surface area (Å²) in [5.41, 5.74) is 2.09. The predicted molar refractivity (Wildman–Crippen MR) is 155 cm³/mol. The highest BCUT2D eigenvalue weighted by atomic mass is 35.5. The fourth-order valence-electron chi connectivity index (χ4n) is 5.90. The van der Waals surface area contributed by atoms with Crippen LogP contribution in [0.25, 0.3) is 0 Å². The molecule has 3 N–H and O–H groups in total. The second-order valence-electron chi connectivity index (χ2n) is 10.7. The van der Waals surface area contributed by atoms with Crippen LogP contribution in [0, 0.1) is 5.92 Å². The van der Waals surface area contributed by atoms with Gasteiger partial charge >= 0.3 is 5.97 Å². The van der Waals surface area contributed by atoms with Crippen molar-refractivity contribution < 1.29 is 28.7 Å². The molecular weight excluding hydrogens is 583 g/mol. The number of nitrogens with zero attached hydrogens (tertiary/aromatic N) is 2. The number of aryl methyl sites for hydroxylation is 1. The fourth-order valence-corrected chi connectivity index (χ4v) is 6.44. The summed E-state index contributed by atoms with van der Waals surface area (Å²) in [7, 11) is 0. The van der Waals surface area contributed by atoms with Crippen molar-refractivity contribution >= 4 is 52.6 Å². The summed E-state index contributed by atoms with van der Waals surface area (Å²) >= 11 is 12.1. The van der Waals surface area contributed by atoms with E-state index < -0.39 is 29.9 Å². The van der Waals surface area contributed by atoms with E-state index in [4.69, 9.17) is 27.6 Å². The van der Waals surface area contributed by atoms with Crippen LogP contribution in [0.3, 0.4) is 0 Å². The van der Waals surface area contributed by atoms with Crippen LogP contribution in [0.4, 0.5) is 5.69 Å². The van der Waals surface area contributed by atoms with Crippen molar-refractivity contribution in [2.75, 3.05) is 5.32 Å². The number of amides is 3. The Bertz CT molecular complexity index is 1430. The molecule has 10 nitrogen and oxygen atoms in total. The number of carboxylic acid groups (broad SMARTS) is 1. The Morgan fingerprint density at radius 3 is 2.31 bits per heavy atom. The minimum atomic E-state index is -1.20. The van der Waals surface area contributed by atoms with Crippen molar-refractivity contribution in [2.24, 2.45) is 5.92 Å². The average Bonchev–Trinajstić information content (AvgIpc) is 3.50. The summed E-state index contributed by atoms with van der Waals surface area (Å²) in [5.74, 6) is -2.25. The van der Waals surface area contributed by atoms with Crippen molar-refractivity contribution in [3.63, 3.8) is 0 Å². The maximum absolute atomic E-state index is 13.5. The van der Waals surface area contributed by atoms with Crippen LogP contribution in [-0.2, 0) is 27.2 Å².